The minimum Gasteiger partial charge on any atom is -0.389 e. The Morgan fingerprint density at radius 1 is 1.43 bits per heavy atom. The third-order valence-corrected chi connectivity index (χ3v) is 5.75. The van der Waals surface area contributed by atoms with Gasteiger partial charge in [0.1, 0.15) is 4.99 Å². The molecule has 0 saturated heterocycles. The van der Waals surface area contributed by atoms with Crippen LogP contribution >= 0.6 is 23.6 Å². The third kappa shape index (κ3) is 3.65. The highest BCUT2D eigenvalue weighted by Gasteiger charge is 2.18. The smallest absolute Gasteiger partial charge is 0.241 e. The molecular weight excluding hydrogens is 326 g/mol. The average molecular weight is 341 g/mol. The molecule has 1 aromatic heterocycles. The fourth-order valence-corrected chi connectivity index (χ4v) is 3.99. The zero-order chi connectivity index (χ0) is 15.6. The summed E-state index contributed by atoms with van der Waals surface area (Å²) in [6.45, 7) is 3.80. The summed E-state index contributed by atoms with van der Waals surface area (Å²) in [5.74, 6) is 0. The Balaban J connectivity index is 2.23. The van der Waals surface area contributed by atoms with Crippen molar-refractivity contribution in [3.63, 3.8) is 0 Å². The van der Waals surface area contributed by atoms with Crippen molar-refractivity contribution in [1.29, 1.82) is 0 Å². The van der Waals surface area contributed by atoms with Crippen LogP contribution in [0.15, 0.2) is 28.6 Å². The summed E-state index contributed by atoms with van der Waals surface area (Å²) in [7, 11) is -3.58. The number of thiazole rings is 1. The van der Waals surface area contributed by atoms with Crippen molar-refractivity contribution in [2.24, 2.45) is 5.73 Å². The molecule has 0 radical (unpaired) electrons. The topological polar surface area (TPSA) is 85.1 Å². The van der Waals surface area contributed by atoms with Gasteiger partial charge in [-0.3, -0.25) is 0 Å². The number of nitrogens with one attached hydrogen (secondary N) is 1. The lowest BCUT2D eigenvalue weighted by Crippen LogP contribution is -2.24. The maximum atomic E-state index is 12.3. The zero-order valence-corrected chi connectivity index (χ0v) is 14.0. The Morgan fingerprint density at radius 3 is 2.67 bits per heavy atom. The van der Waals surface area contributed by atoms with Gasteiger partial charge < -0.3 is 5.73 Å². The first-order valence-electron chi connectivity index (χ1n) is 6.10. The van der Waals surface area contributed by atoms with E-state index >= 15 is 0 Å². The number of thiocarbonyl (C=S) groups is 1. The second-order valence-corrected chi connectivity index (χ2v) is 7.64. The normalized spacial score (nSPS) is 11.5. The number of nitrogens with two attached hydrogens (primary N) is 1. The molecule has 0 aliphatic rings. The highest BCUT2D eigenvalue weighted by Crippen LogP contribution is 2.18. The van der Waals surface area contributed by atoms with Crippen molar-refractivity contribution in [2.75, 3.05) is 0 Å². The number of benzene rings is 1. The first-order valence-corrected chi connectivity index (χ1v) is 8.87. The van der Waals surface area contributed by atoms with Crippen LogP contribution in [-0.2, 0) is 16.6 Å². The maximum absolute atomic E-state index is 12.3. The first-order chi connectivity index (χ1) is 9.81. The lowest BCUT2D eigenvalue weighted by Gasteiger charge is -2.10. The molecule has 5 nitrogen and oxygen atoms in total. The van der Waals surface area contributed by atoms with Crippen molar-refractivity contribution in [2.45, 2.75) is 25.3 Å². The Labute approximate surface area is 133 Å². The number of sulfonamides is 1. The quantitative estimate of drug-likeness (QED) is 0.811. The van der Waals surface area contributed by atoms with Crippen LogP contribution in [0.25, 0.3) is 0 Å². The molecule has 0 bridgehead atoms. The summed E-state index contributed by atoms with van der Waals surface area (Å²) in [5, 5.41) is 0. The minimum atomic E-state index is -3.58. The molecule has 0 saturated carbocycles. The minimum absolute atomic E-state index is 0.227. The number of rotatable bonds is 5. The van der Waals surface area contributed by atoms with E-state index < -0.39 is 10.0 Å². The average Bonchev–Trinajstić information content (AvgIpc) is 2.81. The molecule has 0 atom stereocenters. The highest BCUT2D eigenvalue weighted by molar-refractivity contribution is 7.89. The van der Waals surface area contributed by atoms with E-state index in [0.29, 0.717) is 11.1 Å². The van der Waals surface area contributed by atoms with E-state index in [9.17, 15) is 8.42 Å². The summed E-state index contributed by atoms with van der Waals surface area (Å²) in [5.41, 5.74) is 9.33. The van der Waals surface area contributed by atoms with Gasteiger partial charge >= 0.3 is 0 Å². The summed E-state index contributed by atoms with van der Waals surface area (Å²) in [6, 6.07) is 4.81. The summed E-state index contributed by atoms with van der Waals surface area (Å²) in [6.07, 6.45) is 0. The monoisotopic (exact) mass is 341 g/mol. The van der Waals surface area contributed by atoms with Crippen LogP contribution in [0.4, 0.5) is 0 Å². The lowest BCUT2D eigenvalue weighted by molar-refractivity contribution is 0.581. The molecule has 0 unspecified atom stereocenters. The molecule has 0 amide bonds. The molecule has 2 rings (SSSR count). The van der Waals surface area contributed by atoms with Gasteiger partial charge in [0.2, 0.25) is 10.0 Å². The molecular formula is C13H15N3O2S3. The summed E-state index contributed by atoms with van der Waals surface area (Å²) in [4.78, 5) is 5.47. The van der Waals surface area contributed by atoms with Gasteiger partial charge in [-0.1, -0.05) is 18.3 Å². The van der Waals surface area contributed by atoms with E-state index in [2.05, 4.69) is 9.71 Å². The molecule has 112 valence electrons. The van der Waals surface area contributed by atoms with Crippen LogP contribution in [0.2, 0.25) is 0 Å². The number of aromatic nitrogens is 1. The van der Waals surface area contributed by atoms with E-state index in [4.69, 9.17) is 18.0 Å². The molecule has 0 fully saturated rings. The lowest BCUT2D eigenvalue weighted by atomic mass is 10.1. The van der Waals surface area contributed by atoms with Crippen LogP contribution in [0.1, 0.15) is 21.7 Å². The molecule has 0 spiro atoms. The van der Waals surface area contributed by atoms with E-state index in [0.717, 1.165) is 10.6 Å². The van der Waals surface area contributed by atoms with Gasteiger partial charge in [0, 0.05) is 17.0 Å². The van der Waals surface area contributed by atoms with Crippen molar-refractivity contribution in [3.05, 3.63) is 45.4 Å². The Kier molecular flexibility index (Phi) is 4.72. The van der Waals surface area contributed by atoms with E-state index in [1.165, 1.54) is 17.4 Å². The van der Waals surface area contributed by atoms with E-state index in [-0.39, 0.29) is 16.4 Å². The van der Waals surface area contributed by atoms with Crippen LogP contribution < -0.4 is 10.5 Å². The van der Waals surface area contributed by atoms with Crippen molar-refractivity contribution in [3.8, 4) is 0 Å². The fraction of sp³-hybridized carbons (Fsp3) is 0.231. The Hall–Kier alpha value is -1.35. The van der Waals surface area contributed by atoms with Crippen molar-refractivity contribution in [1.82, 2.24) is 9.71 Å². The Morgan fingerprint density at radius 2 is 2.14 bits per heavy atom. The summed E-state index contributed by atoms with van der Waals surface area (Å²) < 4.78 is 27.3. The van der Waals surface area contributed by atoms with Crippen molar-refractivity contribution < 1.29 is 8.42 Å². The predicted octanol–water partition coefficient (Wildman–Crippen LogP) is 1.87. The van der Waals surface area contributed by atoms with Gasteiger partial charge in [0.05, 0.1) is 16.1 Å². The van der Waals surface area contributed by atoms with Gasteiger partial charge in [0.15, 0.2) is 0 Å². The number of nitrogens with zero attached hydrogens (tertiary/aromatic N) is 1. The van der Waals surface area contributed by atoms with Gasteiger partial charge in [-0.25, -0.2) is 18.1 Å². The number of aryl methyl sites for hydroxylation is 2. The molecule has 0 aliphatic heterocycles. The van der Waals surface area contributed by atoms with Crippen molar-refractivity contribution >= 4 is 38.6 Å². The van der Waals surface area contributed by atoms with Crippen LogP contribution in [0, 0.1) is 13.8 Å². The summed E-state index contributed by atoms with van der Waals surface area (Å²) >= 11 is 6.31. The van der Waals surface area contributed by atoms with Crippen LogP contribution in [0.5, 0.6) is 0 Å². The van der Waals surface area contributed by atoms with E-state index in [1.807, 2.05) is 6.92 Å². The molecule has 1 aromatic carbocycles. The van der Waals surface area contributed by atoms with Crippen LogP contribution in [-0.4, -0.2) is 18.4 Å². The van der Waals surface area contributed by atoms with Gasteiger partial charge in [-0.05, 0) is 31.5 Å². The highest BCUT2D eigenvalue weighted by atomic mass is 32.2. The zero-order valence-electron chi connectivity index (χ0n) is 11.6. The van der Waals surface area contributed by atoms with Crippen LogP contribution in [0.3, 0.4) is 0 Å². The van der Waals surface area contributed by atoms with Gasteiger partial charge in [-0.2, -0.15) is 0 Å². The number of hydrogen-bond acceptors (Lipinski definition) is 5. The molecule has 0 aliphatic carbocycles. The predicted molar refractivity (Wildman–Crippen MR) is 87.9 cm³/mol. The van der Waals surface area contributed by atoms with E-state index in [1.54, 1.807) is 24.6 Å². The molecule has 3 N–H and O–H groups in total. The van der Waals surface area contributed by atoms with Gasteiger partial charge in [-0.15, -0.1) is 11.3 Å². The molecule has 21 heavy (non-hydrogen) atoms. The fourth-order valence-electron chi connectivity index (χ4n) is 1.84. The second kappa shape index (κ2) is 6.18. The largest absolute Gasteiger partial charge is 0.389 e. The number of hydrogen-bond donors (Lipinski definition) is 2. The molecule has 1 heterocycles. The SMILES string of the molecule is Cc1cc(C(N)=S)ccc1S(=O)(=O)NCc1scnc1C. The standard InChI is InChI=1S/C13H15N3O2S3/c1-8-5-10(13(14)19)3-4-12(8)21(17,18)16-6-11-9(2)15-7-20-11/h3-5,7,16H,6H2,1-2H3,(H2,14,19). The first kappa shape index (κ1) is 16.0. The third-order valence-electron chi connectivity index (χ3n) is 3.02. The molecule has 8 heteroatoms. The maximum Gasteiger partial charge on any atom is 0.241 e. The Bertz CT molecular complexity index is 782. The van der Waals surface area contributed by atoms with Gasteiger partial charge in [0.25, 0.3) is 0 Å². The second-order valence-electron chi connectivity index (χ2n) is 4.53. The molecule has 2 aromatic rings.